The highest BCUT2D eigenvalue weighted by atomic mass is 19.4. The summed E-state index contributed by atoms with van der Waals surface area (Å²) in [5, 5.41) is 15.7. The highest BCUT2D eigenvalue weighted by Gasteiger charge is 2.55. The van der Waals surface area contributed by atoms with Crippen molar-refractivity contribution in [3.05, 3.63) is 60.7 Å². The molecule has 3 nitrogen and oxygen atoms in total. The maximum atomic E-state index is 11.0. The number of hydrogen-bond donors (Lipinski definition) is 1. The van der Waals surface area contributed by atoms with E-state index >= 15 is 0 Å². The standard InChI is InChI=1S/C12H10N2.C3H2F6O/c1-3-7-11(8-4-1)13-14-12-9-5-2-6-10-12;4-2(5,6)1(10)3(7,8)9/h1-10H;1,10H. The smallest absolute Gasteiger partial charge is 0.377 e. The summed E-state index contributed by atoms with van der Waals surface area (Å²) in [7, 11) is 0. The maximum absolute atomic E-state index is 11.0. The molecule has 0 aromatic heterocycles. The summed E-state index contributed by atoms with van der Waals surface area (Å²) in [5.41, 5.74) is 1.74. The number of rotatable bonds is 2. The van der Waals surface area contributed by atoms with Crippen molar-refractivity contribution in [3.8, 4) is 0 Å². The Labute approximate surface area is 133 Å². The van der Waals surface area contributed by atoms with Crippen LogP contribution in [0.5, 0.6) is 0 Å². The molecule has 130 valence electrons. The molecule has 0 saturated heterocycles. The first kappa shape index (κ1) is 19.6. The van der Waals surface area contributed by atoms with Gasteiger partial charge in [0.2, 0.25) is 6.10 Å². The molecule has 0 radical (unpaired) electrons. The summed E-state index contributed by atoms with van der Waals surface area (Å²) < 4.78 is 65.9. The Kier molecular flexibility index (Phi) is 6.90. The third-order valence-corrected chi connectivity index (χ3v) is 2.41. The minimum absolute atomic E-state index is 0.872. The van der Waals surface area contributed by atoms with Gasteiger partial charge in [0.15, 0.2) is 0 Å². The number of aliphatic hydroxyl groups excluding tert-OH is 1. The fourth-order valence-electron chi connectivity index (χ4n) is 1.29. The number of hydrogen-bond acceptors (Lipinski definition) is 3. The molecule has 2 aromatic carbocycles. The average Bonchev–Trinajstić information content (AvgIpc) is 2.53. The largest absolute Gasteiger partial charge is 0.423 e. The van der Waals surface area contributed by atoms with Crippen LogP contribution in [0.4, 0.5) is 37.7 Å². The Morgan fingerprint density at radius 1 is 0.625 bits per heavy atom. The van der Waals surface area contributed by atoms with E-state index in [0.29, 0.717) is 0 Å². The van der Waals surface area contributed by atoms with Gasteiger partial charge in [-0.2, -0.15) is 36.6 Å². The normalized spacial score (nSPS) is 12.2. The SMILES string of the molecule is OC(C(F)(F)F)C(F)(F)F.c1ccc(N=Nc2ccccc2)cc1. The van der Waals surface area contributed by atoms with E-state index in [-0.39, 0.29) is 0 Å². The molecule has 0 aliphatic carbocycles. The fraction of sp³-hybridized carbons (Fsp3) is 0.200. The Morgan fingerprint density at radius 3 is 1.12 bits per heavy atom. The fourth-order valence-corrected chi connectivity index (χ4v) is 1.29. The molecule has 0 unspecified atom stereocenters. The summed E-state index contributed by atoms with van der Waals surface area (Å²) in [6.07, 6.45) is -15.5. The Balaban J connectivity index is 0.000000257. The third-order valence-electron chi connectivity index (χ3n) is 2.41. The molecule has 2 rings (SSSR count). The van der Waals surface area contributed by atoms with E-state index in [0.717, 1.165) is 11.4 Å². The number of aliphatic hydroxyl groups is 1. The molecular weight excluding hydrogens is 338 g/mol. The third kappa shape index (κ3) is 7.23. The van der Waals surface area contributed by atoms with Crippen LogP contribution in [0.2, 0.25) is 0 Å². The predicted molar refractivity (Wildman–Crippen MR) is 75.2 cm³/mol. The molecule has 0 fully saturated rings. The van der Waals surface area contributed by atoms with Gasteiger partial charge in [-0.3, -0.25) is 0 Å². The molecule has 2 aromatic rings. The van der Waals surface area contributed by atoms with Crippen LogP contribution in [0.25, 0.3) is 0 Å². The Hall–Kier alpha value is -2.42. The van der Waals surface area contributed by atoms with Gasteiger partial charge in [-0.15, -0.1) is 0 Å². The first-order valence-corrected chi connectivity index (χ1v) is 6.44. The zero-order valence-electron chi connectivity index (χ0n) is 12.0. The summed E-state index contributed by atoms with van der Waals surface area (Å²) in [6.45, 7) is 0. The van der Waals surface area contributed by atoms with Gasteiger partial charge in [-0.05, 0) is 24.3 Å². The molecule has 9 heteroatoms. The number of alkyl halides is 6. The first-order valence-electron chi connectivity index (χ1n) is 6.44. The molecule has 0 bridgehead atoms. The number of halogens is 6. The van der Waals surface area contributed by atoms with Crippen molar-refractivity contribution < 1.29 is 31.4 Å². The van der Waals surface area contributed by atoms with Crippen molar-refractivity contribution in [3.63, 3.8) is 0 Å². The van der Waals surface area contributed by atoms with Gasteiger partial charge in [0, 0.05) is 0 Å². The van der Waals surface area contributed by atoms with Crippen LogP contribution in [0.3, 0.4) is 0 Å². The number of azo groups is 1. The van der Waals surface area contributed by atoms with Crippen LogP contribution in [0.15, 0.2) is 70.9 Å². The second kappa shape index (κ2) is 8.44. The van der Waals surface area contributed by atoms with Gasteiger partial charge in [0.25, 0.3) is 0 Å². The molecule has 24 heavy (non-hydrogen) atoms. The van der Waals surface area contributed by atoms with E-state index in [4.69, 9.17) is 5.11 Å². The summed E-state index contributed by atoms with van der Waals surface area (Å²) in [6, 6.07) is 19.4. The van der Waals surface area contributed by atoms with Crippen molar-refractivity contribution >= 4 is 11.4 Å². The van der Waals surface area contributed by atoms with Gasteiger partial charge < -0.3 is 5.11 Å². The lowest BCUT2D eigenvalue weighted by molar-refractivity contribution is -0.308. The quantitative estimate of drug-likeness (QED) is 0.558. The van der Waals surface area contributed by atoms with Crippen molar-refractivity contribution in [1.82, 2.24) is 0 Å². The highest BCUT2D eigenvalue weighted by Crippen LogP contribution is 2.32. The van der Waals surface area contributed by atoms with Crippen molar-refractivity contribution in [1.29, 1.82) is 0 Å². The van der Waals surface area contributed by atoms with Crippen molar-refractivity contribution in [2.75, 3.05) is 0 Å². The molecule has 0 atom stereocenters. The molecular formula is C15H12F6N2O. The molecule has 0 amide bonds. The summed E-state index contributed by atoms with van der Waals surface area (Å²) in [4.78, 5) is 0. The van der Waals surface area contributed by atoms with Gasteiger partial charge >= 0.3 is 12.4 Å². The van der Waals surface area contributed by atoms with E-state index < -0.39 is 18.5 Å². The van der Waals surface area contributed by atoms with Crippen LogP contribution in [-0.2, 0) is 0 Å². The molecule has 0 aliphatic heterocycles. The first-order chi connectivity index (χ1) is 11.1. The van der Waals surface area contributed by atoms with E-state index in [1.807, 2.05) is 60.7 Å². The molecule has 1 N–H and O–H groups in total. The minimum atomic E-state index is -5.63. The van der Waals surface area contributed by atoms with Crippen LogP contribution < -0.4 is 0 Å². The summed E-state index contributed by atoms with van der Waals surface area (Å²) in [5.74, 6) is 0. The van der Waals surface area contributed by atoms with E-state index in [9.17, 15) is 26.3 Å². The van der Waals surface area contributed by atoms with Gasteiger partial charge in [0.1, 0.15) is 0 Å². The lowest BCUT2D eigenvalue weighted by Gasteiger charge is -2.16. The van der Waals surface area contributed by atoms with Crippen LogP contribution >= 0.6 is 0 Å². The van der Waals surface area contributed by atoms with Crippen LogP contribution in [0, 0.1) is 0 Å². The van der Waals surface area contributed by atoms with Crippen molar-refractivity contribution in [2.24, 2.45) is 10.2 Å². The number of benzene rings is 2. The topological polar surface area (TPSA) is 45.0 Å². The van der Waals surface area contributed by atoms with E-state index in [1.165, 1.54) is 0 Å². The highest BCUT2D eigenvalue weighted by molar-refractivity contribution is 5.39. The monoisotopic (exact) mass is 350 g/mol. The number of nitrogens with zero attached hydrogens (tertiary/aromatic N) is 2. The zero-order chi connectivity index (χ0) is 18.2. The van der Waals surface area contributed by atoms with Crippen LogP contribution in [0.1, 0.15) is 0 Å². The molecule has 0 aliphatic rings. The van der Waals surface area contributed by atoms with Gasteiger partial charge in [-0.25, -0.2) is 0 Å². The summed E-state index contributed by atoms with van der Waals surface area (Å²) >= 11 is 0. The van der Waals surface area contributed by atoms with Gasteiger partial charge in [-0.1, -0.05) is 36.4 Å². The second-order valence-electron chi connectivity index (χ2n) is 4.36. The Morgan fingerprint density at radius 2 is 0.917 bits per heavy atom. The van der Waals surface area contributed by atoms with Crippen LogP contribution in [-0.4, -0.2) is 23.6 Å². The van der Waals surface area contributed by atoms with Gasteiger partial charge in [0.05, 0.1) is 11.4 Å². The lowest BCUT2D eigenvalue weighted by atomic mass is 10.3. The molecule has 0 spiro atoms. The van der Waals surface area contributed by atoms with E-state index in [2.05, 4.69) is 10.2 Å². The second-order valence-corrected chi connectivity index (χ2v) is 4.36. The van der Waals surface area contributed by atoms with Crippen molar-refractivity contribution in [2.45, 2.75) is 18.5 Å². The Bertz CT molecular complexity index is 570. The lowest BCUT2D eigenvalue weighted by Crippen LogP contribution is -2.41. The zero-order valence-corrected chi connectivity index (χ0v) is 12.0. The molecule has 0 saturated carbocycles. The average molecular weight is 350 g/mol. The van der Waals surface area contributed by atoms with E-state index in [1.54, 1.807) is 0 Å². The minimum Gasteiger partial charge on any atom is -0.377 e. The predicted octanol–water partition coefficient (Wildman–Crippen LogP) is 5.57. The maximum Gasteiger partial charge on any atom is 0.423 e. The molecule has 0 heterocycles.